The number of carbonyl (C=O) groups is 2. The molecular weight excluding hydrogens is 512 g/mol. The smallest absolute Gasteiger partial charge is 0.412 e. The molecule has 8 heteroatoms. The molecule has 2 amide bonds. The van der Waals surface area contributed by atoms with Crippen molar-refractivity contribution >= 4 is 52.0 Å². The number of aromatic nitrogens is 1. The first-order valence-corrected chi connectivity index (χ1v) is 13.2. The number of likely N-dealkylation sites (tertiary alicyclic amines) is 1. The van der Waals surface area contributed by atoms with Crippen molar-refractivity contribution < 1.29 is 14.3 Å². The van der Waals surface area contributed by atoms with Crippen LogP contribution in [0.2, 0.25) is 5.02 Å². The maximum absolute atomic E-state index is 13.1. The van der Waals surface area contributed by atoms with E-state index in [1.165, 1.54) is 16.6 Å². The van der Waals surface area contributed by atoms with Gasteiger partial charge in [0.05, 0.1) is 28.6 Å². The molecule has 1 fully saturated rings. The molecule has 1 aliphatic heterocycles. The number of carbonyl (C=O) groups excluding carboxylic acids is 2. The molecule has 2 heterocycles. The van der Waals surface area contributed by atoms with Crippen molar-refractivity contribution in [1.82, 2.24) is 9.47 Å². The van der Waals surface area contributed by atoms with Gasteiger partial charge in [-0.3, -0.25) is 10.1 Å². The second kappa shape index (κ2) is 10.9. The Morgan fingerprint density at radius 1 is 0.974 bits per heavy atom. The fraction of sp³-hybridized carbons (Fsp3) is 0.226. The predicted octanol–water partition coefficient (Wildman–Crippen LogP) is 7.60. The predicted molar refractivity (Wildman–Crippen MR) is 157 cm³/mol. The molecule has 0 atom stereocenters. The minimum atomic E-state index is -0.639. The molecule has 4 aromatic rings. The number of benzene rings is 3. The van der Waals surface area contributed by atoms with E-state index in [4.69, 9.17) is 16.3 Å². The van der Waals surface area contributed by atoms with E-state index >= 15 is 0 Å². The molecule has 0 spiro atoms. The Hall–Kier alpha value is -4.23. The molecule has 0 unspecified atom stereocenters. The van der Waals surface area contributed by atoms with Gasteiger partial charge in [0.2, 0.25) is 0 Å². The van der Waals surface area contributed by atoms with Gasteiger partial charge in [-0.2, -0.15) is 0 Å². The van der Waals surface area contributed by atoms with Crippen LogP contribution in [0.4, 0.5) is 16.2 Å². The number of nitrogens with zero attached hydrogens (tertiary/aromatic N) is 2. The van der Waals surface area contributed by atoms with Gasteiger partial charge in [-0.1, -0.05) is 48.0 Å². The standard InChI is InChI=1S/C31H31ClN4O3/c1-31(2,3)39-30(38)34-27-10-6-5-9-26(27)33-29(37)24-13-12-21(19-25(24)32)18-23-15-17-35(23)20-36-16-14-22-8-4-7-11-28(22)36/h4-14,16,18-19H,15,17,20H2,1-3H3,(H,33,37)(H,34,38). The second-order valence-electron chi connectivity index (χ2n) is 10.5. The number of ether oxygens (including phenoxy) is 1. The summed E-state index contributed by atoms with van der Waals surface area (Å²) in [5.74, 6) is -0.373. The van der Waals surface area contributed by atoms with Gasteiger partial charge in [0.15, 0.2) is 0 Å². The van der Waals surface area contributed by atoms with Gasteiger partial charge in [-0.25, -0.2) is 4.79 Å². The SMILES string of the molecule is CC(C)(C)OC(=O)Nc1ccccc1NC(=O)c1ccc(C=C2CCN2Cn2ccc3ccccc32)cc1Cl. The first-order chi connectivity index (χ1) is 18.7. The number of amides is 2. The Kier molecular flexibility index (Phi) is 7.35. The number of hydrogen-bond acceptors (Lipinski definition) is 4. The summed E-state index contributed by atoms with van der Waals surface area (Å²) in [4.78, 5) is 27.6. The number of anilines is 2. The van der Waals surface area contributed by atoms with Gasteiger partial charge >= 0.3 is 6.09 Å². The topological polar surface area (TPSA) is 75.6 Å². The summed E-state index contributed by atoms with van der Waals surface area (Å²) < 4.78 is 7.57. The number of fused-ring (bicyclic) bond motifs is 1. The van der Waals surface area contributed by atoms with Crippen LogP contribution >= 0.6 is 11.6 Å². The van der Waals surface area contributed by atoms with Crippen LogP contribution in [0.1, 0.15) is 43.1 Å². The average Bonchev–Trinajstić information content (AvgIpc) is 3.28. The first-order valence-electron chi connectivity index (χ1n) is 12.9. The van der Waals surface area contributed by atoms with Gasteiger partial charge in [-0.15, -0.1) is 0 Å². The van der Waals surface area contributed by atoms with Crippen molar-refractivity contribution in [3.05, 3.63) is 101 Å². The molecule has 39 heavy (non-hydrogen) atoms. The van der Waals surface area contributed by atoms with Crippen LogP contribution in [0.3, 0.4) is 0 Å². The quantitative estimate of drug-likeness (QED) is 0.263. The highest BCUT2D eigenvalue weighted by Gasteiger charge is 2.21. The normalized spacial score (nSPS) is 14.3. The number of para-hydroxylation sites is 3. The Balaban J connectivity index is 1.26. The van der Waals surface area contributed by atoms with Crippen LogP contribution in [-0.4, -0.2) is 33.6 Å². The van der Waals surface area contributed by atoms with Gasteiger partial charge in [-0.05, 0) is 74.2 Å². The molecule has 1 saturated heterocycles. The Morgan fingerprint density at radius 2 is 1.69 bits per heavy atom. The van der Waals surface area contributed by atoms with Gasteiger partial charge < -0.3 is 19.5 Å². The minimum absolute atomic E-state index is 0.343. The van der Waals surface area contributed by atoms with E-state index in [1.807, 2.05) is 6.07 Å². The van der Waals surface area contributed by atoms with Crippen LogP contribution in [0, 0.1) is 0 Å². The fourth-order valence-corrected chi connectivity index (χ4v) is 4.75. The summed E-state index contributed by atoms with van der Waals surface area (Å²) in [5.41, 5.74) is 3.94. The van der Waals surface area contributed by atoms with Crippen molar-refractivity contribution in [3.8, 4) is 0 Å². The highest BCUT2D eigenvalue weighted by molar-refractivity contribution is 6.34. The lowest BCUT2D eigenvalue weighted by Gasteiger charge is -2.37. The van der Waals surface area contributed by atoms with Crippen LogP contribution in [0.15, 0.2) is 84.7 Å². The zero-order valence-electron chi connectivity index (χ0n) is 22.2. The van der Waals surface area contributed by atoms with Crippen LogP contribution in [0.5, 0.6) is 0 Å². The maximum Gasteiger partial charge on any atom is 0.412 e. The Morgan fingerprint density at radius 3 is 2.38 bits per heavy atom. The lowest BCUT2D eigenvalue weighted by atomic mass is 10.0. The third-order valence-corrected chi connectivity index (χ3v) is 6.74. The van der Waals surface area contributed by atoms with Crippen LogP contribution in [0.25, 0.3) is 17.0 Å². The first kappa shape index (κ1) is 26.4. The third-order valence-electron chi connectivity index (χ3n) is 6.43. The molecule has 200 valence electrons. The van der Waals surface area contributed by atoms with Gasteiger partial charge in [0, 0.05) is 30.4 Å². The van der Waals surface area contributed by atoms with E-state index < -0.39 is 11.7 Å². The molecule has 7 nitrogen and oxygen atoms in total. The molecule has 0 saturated carbocycles. The number of rotatable bonds is 6. The minimum Gasteiger partial charge on any atom is -0.444 e. The van der Waals surface area contributed by atoms with Gasteiger partial charge in [0.25, 0.3) is 5.91 Å². The molecule has 3 aromatic carbocycles. The zero-order chi connectivity index (χ0) is 27.6. The van der Waals surface area contributed by atoms with Crippen LogP contribution in [-0.2, 0) is 11.4 Å². The molecule has 0 aliphatic carbocycles. The second-order valence-corrected chi connectivity index (χ2v) is 10.9. The molecule has 2 N–H and O–H groups in total. The van der Waals surface area contributed by atoms with Gasteiger partial charge in [0.1, 0.15) is 5.60 Å². The summed E-state index contributed by atoms with van der Waals surface area (Å²) in [5, 5.41) is 7.11. The molecule has 1 aromatic heterocycles. The van der Waals surface area contributed by atoms with E-state index in [0.717, 1.165) is 25.2 Å². The fourth-order valence-electron chi connectivity index (χ4n) is 4.47. The van der Waals surface area contributed by atoms with Crippen molar-refractivity contribution in [2.45, 2.75) is 39.5 Å². The molecular formula is C31H31ClN4O3. The van der Waals surface area contributed by atoms with E-state index in [0.29, 0.717) is 22.0 Å². The van der Waals surface area contributed by atoms with E-state index in [1.54, 1.807) is 57.2 Å². The van der Waals surface area contributed by atoms with Crippen molar-refractivity contribution in [3.63, 3.8) is 0 Å². The number of nitrogens with one attached hydrogen (secondary N) is 2. The number of hydrogen-bond donors (Lipinski definition) is 2. The Labute approximate surface area is 233 Å². The number of halogens is 1. The van der Waals surface area contributed by atoms with E-state index in [2.05, 4.69) is 62.7 Å². The third kappa shape index (κ3) is 6.26. The highest BCUT2D eigenvalue weighted by atomic mass is 35.5. The summed E-state index contributed by atoms with van der Waals surface area (Å²) in [7, 11) is 0. The average molecular weight is 543 g/mol. The van der Waals surface area contributed by atoms with Crippen molar-refractivity contribution in [1.29, 1.82) is 0 Å². The maximum atomic E-state index is 13.1. The summed E-state index contributed by atoms with van der Waals surface area (Å²) in [6.07, 6.45) is 4.62. The molecule has 0 bridgehead atoms. The zero-order valence-corrected chi connectivity index (χ0v) is 23.0. The monoisotopic (exact) mass is 542 g/mol. The van der Waals surface area contributed by atoms with Crippen molar-refractivity contribution in [2.75, 3.05) is 17.2 Å². The summed E-state index contributed by atoms with van der Waals surface area (Å²) in [6, 6.07) is 22.8. The lowest BCUT2D eigenvalue weighted by molar-refractivity contribution is 0.0635. The molecule has 0 radical (unpaired) electrons. The molecule has 1 aliphatic rings. The van der Waals surface area contributed by atoms with Crippen molar-refractivity contribution in [2.24, 2.45) is 0 Å². The summed E-state index contributed by atoms with van der Waals surface area (Å²) >= 11 is 6.55. The van der Waals surface area contributed by atoms with Crippen LogP contribution < -0.4 is 10.6 Å². The lowest BCUT2D eigenvalue weighted by Crippen LogP contribution is -2.36. The molecule has 5 rings (SSSR count). The highest BCUT2D eigenvalue weighted by Crippen LogP contribution is 2.29. The summed E-state index contributed by atoms with van der Waals surface area (Å²) in [6.45, 7) is 7.13. The van der Waals surface area contributed by atoms with E-state index in [9.17, 15) is 9.59 Å². The largest absolute Gasteiger partial charge is 0.444 e. The Bertz CT molecular complexity index is 1570. The van der Waals surface area contributed by atoms with E-state index in [-0.39, 0.29) is 5.91 Å².